The third-order valence-electron chi connectivity index (χ3n) is 4.35. The summed E-state index contributed by atoms with van der Waals surface area (Å²) < 4.78 is 67.5. The van der Waals surface area contributed by atoms with Crippen LogP contribution in [0.2, 0.25) is 0 Å². The normalized spacial score (nSPS) is 12.4. The molecular weight excluding hydrogens is 391 g/mol. The van der Waals surface area contributed by atoms with Gasteiger partial charge in [-0.2, -0.15) is 4.31 Å². The van der Waals surface area contributed by atoms with Crippen molar-refractivity contribution in [3.8, 4) is 0 Å². The molecule has 0 spiro atoms. The van der Waals surface area contributed by atoms with E-state index in [1.807, 2.05) is 0 Å². The first kappa shape index (κ1) is 21.3. The molecule has 27 heavy (non-hydrogen) atoms. The molecule has 1 N–H and O–H groups in total. The lowest BCUT2D eigenvalue weighted by Crippen LogP contribution is -2.30. The summed E-state index contributed by atoms with van der Waals surface area (Å²) >= 11 is 0. The van der Waals surface area contributed by atoms with Crippen LogP contribution >= 0.6 is 0 Å². The van der Waals surface area contributed by atoms with E-state index in [0.29, 0.717) is 24.2 Å². The first-order chi connectivity index (χ1) is 12.5. The number of hydrogen-bond donors (Lipinski definition) is 1. The monoisotopic (exact) mass is 414 g/mol. The van der Waals surface area contributed by atoms with E-state index in [2.05, 4.69) is 4.72 Å². The second-order valence-corrected chi connectivity index (χ2v) is 9.68. The fourth-order valence-electron chi connectivity index (χ4n) is 2.61. The van der Waals surface area contributed by atoms with Crippen molar-refractivity contribution >= 4 is 25.7 Å². The molecule has 0 unspecified atom stereocenters. The Labute approximate surface area is 160 Å². The van der Waals surface area contributed by atoms with Gasteiger partial charge in [-0.15, -0.1) is 0 Å². The van der Waals surface area contributed by atoms with Crippen molar-refractivity contribution < 1.29 is 21.2 Å². The smallest absolute Gasteiger partial charge is 0.261 e. The van der Waals surface area contributed by atoms with Crippen LogP contribution in [0, 0.1) is 19.7 Å². The Morgan fingerprint density at radius 3 is 2.00 bits per heavy atom. The third-order valence-corrected chi connectivity index (χ3v) is 7.76. The van der Waals surface area contributed by atoms with E-state index in [1.54, 1.807) is 27.7 Å². The van der Waals surface area contributed by atoms with Gasteiger partial charge < -0.3 is 0 Å². The summed E-state index contributed by atoms with van der Waals surface area (Å²) in [7, 11) is -7.73. The van der Waals surface area contributed by atoms with Gasteiger partial charge in [0.2, 0.25) is 10.0 Å². The van der Waals surface area contributed by atoms with Gasteiger partial charge in [0.25, 0.3) is 10.0 Å². The Morgan fingerprint density at radius 2 is 1.48 bits per heavy atom. The van der Waals surface area contributed by atoms with Crippen LogP contribution in [0.1, 0.15) is 25.0 Å². The molecule has 0 saturated heterocycles. The molecule has 9 heteroatoms. The highest BCUT2D eigenvalue weighted by molar-refractivity contribution is 7.92. The largest absolute Gasteiger partial charge is 0.279 e. The second kappa shape index (κ2) is 7.95. The van der Waals surface area contributed by atoms with Gasteiger partial charge in [-0.25, -0.2) is 21.2 Å². The standard InChI is InChI=1S/C18H23FN2O4S2/c1-5-21(6-2)27(24,25)17-11-13(3)14(4)18(12-17)20-26(22,23)16-9-7-15(19)8-10-16/h7-12,20H,5-6H2,1-4H3. The maximum Gasteiger partial charge on any atom is 0.261 e. The number of halogens is 1. The highest BCUT2D eigenvalue weighted by atomic mass is 32.2. The van der Waals surface area contributed by atoms with Crippen molar-refractivity contribution in [2.24, 2.45) is 0 Å². The van der Waals surface area contributed by atoms with Crippen molar-refractivity contribution in [3.05, 3.63) is 53.3 Å². The van der Waals surface area contributed by atoms with Crippen molar-refractivity contribution in [2.75, 3.05) is 17.8 Å². The van der Waals surface area contributed by atoms with Gasteiger partial charge in [-0.05, 0) is 61.4 Å². The predicted octanol–water partition coefficient (Wildman–Crippen LogP) is 3.27. The number of nitrogens with one attached hydrogen (secondary N) is 1. The molecule has 0 heterocycles. The number of nitrogens with zero attached hydrogens (tertiary/aromatic N) is 1. The van der Waals surface area contributed by atoms with Crippen LogP contribution in [-0.2, 0) is 20.0 Å². The molecule has 0 saturated carbocycles. The van der Waals surface area contributed by atoms with E-state index < -0.39 is 25.9 Å². The van der Waals surface area contributed by atoms with Gasteiger partial charge in [0.1, 0.15) is 5.82 Å². The molecule has 0 radical (unpaired) electrons. The SMILES string of the molecule is CCN(CC)S(=O)(=O)c1cc(C)c(C)c(NS(=O)(=O)c2ccc(F)cc2)c1. The minimum atomic E-state index is -3.99. The van der Waals surface area contributed by atoms with Crippen LogP contribution in [0.5, 0.6) is 0 Å². The average Bonchev–Trinajstić information content (AvgIpc) is 2.59. The lowest BCUT2D eigenvalue weighted by atomic mass is 10.1. The van der Waals surface area contributed by atoms with Crippen LogP contribution in [0.25, 0.3) is 0 Å². The predicted molar refractivity (Wildman–Crippen MR) is 103 cm³/mol. The summed E-state index contributed by atoms with van der Waals surface area (Å²) in [6.07, 6.45) is 0. The van der Waals surface area contributed by atoms with Gasteiger partial charge in [0, 0.05) is 13.1 Å². The van der Waals surface area contributed by atoms with Gasteiger partial charge in [0.05, 0.1) is 15.5 Å². The summed E-state index contributed by atoms with van der Waals surface area (Å²) in [6.45, 7) is 7.50. The van der Waals surface area contributed by atoms with E-state index >= 15 is 0 Å². The molecule has 0 aromatic heterocycles. The molecule has 0 amide bonds. The fraction of sp³-hybridized carbons (Fsp3) is 0.333. The number of anilines is 1. The molecule has 0 aliphatic rings. The lowest BCUT2D eigenvalue weighted by Gasteiger charge is -2.20. The van der Waals surface area contributed by atoms with Crippen molar-refractivity contribution in [3.63, 3.8) is 0 Å². The zero-order chi connectivity index (χ0) is 20.4. The van der Waals surface area contributed by atoms with E-state index in [1.165, 1.54) is 16.4 Å². The van der Waals surface area contributed by atoms with Gasteiger partial charge in [-0.3, -0.25) is 4.72 Å². The summed E-state index contributed by atoms with van der Waals surface area (Å²) in [5.74, 6) is -0.548. The Morgan fingerprint density at radius 1 is 0.926 bits per heavy atom. The Balaban J connectivity index is 2.52. The third kappa shape index (κ3) is 4.48. The van der Waals surface area contributed by atoms with Crippen LogP contribution in [0.3, 0.4) is 0 Å². The highest BCUT2D eigenvalue weighted by Crippen LogP contribution is 2.28. The maximum atomic E-state index is 13.1. The first-order valence-corrected chi connectivity index (χ1v) is 11.3. The number of sulfonamides is 2. The molecule has 0 aliphatic carbocycles. The van der Waals surface area contributed by atoms with E-state index in [9.17, 15) is 21.2 Å². The molecule has 2 aromatic rings. The quantitative estimate of drug-likeness (QED) is 0.754. The zero-order valence-electron chi connectivity index (χ0n) is 15.7. The van der Waals surface area contributed by atoms with Gasteiger partial charge in [-0.1, -0.05) is 13.8 Å². The van der Waals surface area contributed by atoms with Crippen LogP contribution in [0.15, 0.2) is 46.2 Å². The molecule has 148 valence electrons. The molecule has 0 fully saturated rings. The lowest BCUT2D eigenvalue weighted by molar-refractivity contribution is 0.445. The Bertz CT molecular complexity index is 1030. The maximum absolute atomic E-state index is 13.1. The van der Waals surface area contributed by atoms with Crippen LogP contribution in [-0.4, -0.2) is 34.2 Å². The zero-order valence-corrected chi connectivity index (χ0v) is 17.3. The number of aryl methyl sites for hydroxylation is 1. The summed E-state index contributed by atoms with van der Waals surface area (Å²) in [4.78, 5) is -0.0935. The Kier molecular flexibility index (Phi) is 6.28. The molecule has 0 aliphatic heterocycles. The van der Waals surface area contributed by atoms with Gasteiger partial charge in [0.15, 0.2) is 0 Å². The summed E-state index contributed by atoms with van der Waals surface area (Å²) in [6, 6.07) is 7.24. The van der Waals surface area contributed by atoms with Crippen LogP contribution in [0.4, 0.5) is 10.1 Å². The fourth-order valence-corrected chi connectivity index (χ4v) is 5.30. The second-order valence-electron chi connectivity index (χ2n) is 6.06. The molecule has 0 atom stereocenters. The van der Waals surface area contributed by atoms with Crippen molar-refractivity contribution in [1.29, 1.82) is 0 Å². The van der Waals surface area contributed by atoms with E-state index in [4.69, 9.17) is 0 Å². The number of rotatable bonds is 7. The summed E-state index contributed by atoms with van der Waals surface area (Å²) in [5.41, 5.74) is 1.42. The van der Waals surface area contributed by atoms with E-state index in [0.717, 1.165) is 24.3 Å². The number of benzene rings is 2. The minimum Gasteiger partial charge on any atom is -0.279 e. The molecule has 6 nitrogen and oxygen atoms in total. The summed E-state index contributed by atoms with van der Waals surface area (Å²) in [5, 5.41) is 0. The molecule has 2 rings (SSSR count). The minimum absolute atomic E-state index is 0.0195. The van der Waals surface area contributed by atoms with E-state index in [-0.39, 0.29) is 15.5 Å². The molecule has 0 bridgehead atoms. The first-order valence-electron chi connectivity index (χ1n) is 8.42. The van der Waals surface area contributed by atoms with Crippen molar-refractivity contribution in [2.45, 2.75) is 37.5 Å². The topological polar surface area (TPSA) is 83.6 Å². The molecular formula is C18H23FN2O4S2. The highest BCUT2D eigenvalue weighted by Gasteiger charge is 2.24. The van der Waals surface area contributed by atoms with Crippen LogP contribution < -0.4 is 4.72 Å². The molecule has 2 aromatic carbocycles. The number of hydrogen-bond acceptors (Lipinski definition) is 4. The average molecular weight is 415 g/mol. The van der Waals surface area contributed by atoms with Crippen molar-refractivity contribution in [1.82, 2.24) is 4.31 Å². The Hall–Kier alpha value is -1.97. The van der Waals surface area contributed by atoms with Gasteiger partial charge >= 0.3 is 0 Å².